The molecule has 90 valence electrons. The maximum atomic E-state index is 11.6. The van der Waals surface area contributed by atoms with Gasteiger partial charge in [0.1, 0.15) is 0 Å². The number of nitrogens with two attached hydrogens (primary N) is 1. The van der Waals surface area contributed by atoms with E-state index < -0.39 is 24.7 Å². The van der Waals surface area contributed by atoms with E-state index in [1.54, 1.807) is 12.4 Å². The summed E-state index contributed by atoms with van der Waals surface area (Å²) < 4.78 is 34.9. The van der Waals surface area contributed by atoms with Crippen molar-refractivity contribution in [2.45, 2.75) is 32.5 Å². The molecule has 0 heterocycles. The lowest BCUT2D eigenvalue weighted by atomic mass is 10.00. The summed E-state index contributed by atoms with van der Waals surface area (Å²) in [5, 5.41) is 0. The van der Waals surface area contributed by atoms with Crippen LogP contribution in [0.4, 0.5) is 13.2 Å². The third-order valence-corrected chi connectivity index (χ3v) is 1.97. The van der Waals surface area contributed by atoms with Crippen LogP contribution in [0.3, 0.4) is 0 Å². The summed E-state index contributed by atoms with van der Waals surface area (Å²) in [6.07, 6.45) is -3.80. The van der Waals surface area contributed by atoms with Gasteiger partial charge in [-0.05, 0) is 5.92 Å². The van der Waals surface area contributed by atoms with Crippen molar-refractivity contribution in [1.82, 2.24) is 5.48 Å². The lowest BCUT2D eigenvalue weighted by molar-refractivity contribution is -0.192. The molecule has 7 heteroatoms. The Balaban J connectivity index is 3.84. The smallest absolute Gasteiger partial charge is 0.320 e. The molecule has 0 aliphatic heterocycles. The van der Waals surface area contributed by atoms with Crippen LogP contribution in [0.1, 0.15) is 20.3 Å². The summed E-state index contributed by atoms with van der Waals surface area (Å²) in [5.41, 5.74) is 7.12. The average molecular weight is 228 g/mol. The first-order valence-corrected chi connectivity index (χ1v) is 4.52. The van der Waals surface area contributed by atoms with Crippen LogP contribution in [0.2, 0.25) is 0 Å². The number of hydrogen-bond acceptors (Lipinski definition) is 3. The van der Waals surface area contributed by atoms with E-state index in [9.17, 15) is 18.0 Å². The minimum atomic E-state index is -4.46. The van der Waals surface area contributed by atoms with Gasteiger partial charge in [0, 0.05) is 0 Å². The lowest BCUT2D eigenvalue weighted by Gasteiger charge is -2.17. The number of nitrogens with one attached hydrogen (secondary N) is 1. The van der Waals surface area contributed by atoms with Gasteiger partial charge < -0.3 is 5.73 Å². The second-order valence-electron chi connectivity index (χ2n) is 3.28. The van der Waals surface area contributed by atoms with Crippen LogP contribution >= 0.6 is 0 Å². The molecule has 0 spiro atoms. The number of halogens is 3. The molecule has 15 heavy (non-hydrogen) atoms. The summed E-state index contributed by atoms with van der Waals surface area (Å²) in [7, 11) is 0. The van der Waals surface area contributed by atoms with Crippen LogP contribution in [0.15, 0.2) is 0 Å². The number of alkyl halides is 3. The van der Waals surface area contributed by atoms with Crippen molar-refractivity contribution in [3.05, 3.63) is 0 Å². The molecular formula is C8H15F3N2O2. The highest BCUT2D eigenvalue weighted by molar-refractivity contribution is 5.80. The largest absolute Gasteiger partial charge is 0.414 e. The van der Waals surface area contributed by atoms with Crippen molar-refractivity contribution in [2.24, 2.45) is 11.7 Å². The Bertz CT molecular complexity index is 209. The van der Waals surface area contributed by atoms with E-state index in [1.165, 1.54) is 0 Å². The van der Waals surface area contributed by atoms with Crippen molar-refractivity contribution in [3.8, 4) is 0 Å². The molecule has 0 aromatic heterocycles. The van der Waals surface area contributed by atoms with Gasteiger partial charge in [-0.3, -0.25) is 9.63 Å². The quantitative estimate of drug-likeness (QED) is 0.689. The Labute approximate surface area is 85.9 Å². The summed E-state index contributed by atoms with van der Waals surface area (Å²) in [6, 6.07) is -0.858. The van der Waals surface area contributed by atoms with E-state index in [4.69, 9.17) is 5.73 Å². The normalized spacial score (nSPS) is 15.9. The molecule has 0 fully saturated rings. The second kappa shape index (κ2) is 5.92. The standard InChI is InChI=1S/C8H15F3N2O2/c1-3-5(2)6(12)7(14)13-15-4-8(9,10)11/h5-6H,3-4,12H2,1-2H3,(H,13,14). The molecule has 0 saturated heterocycles. The van der Waals surface area contributed by atoms with E-state index in [-0.39, 0.29) is 5.92 Å². The first-order valence-electron chi connectivity index (χ1n) is 4.52. The summed E-state index contributed by atoms with van der Waals surface area (Å²) in [4.78, 5) is 15.1. The van der Waals surface area contributed by atoms with E-state index in [2.05, 4.69) is 4.84 Å². The second-order valence-corrected chi connectivity index (χ2v) is 3.28. The molecule has 2 atom stereocenters. The molecule has 2 unspecified atom stereocenters. The maximum Gasteiger partial charge on any atom is 0.414 e. The van der Waals surface area contributed by atoms with Gasteiger partial charge in [0.2, 0.25) is 0 Å². The van der Waals surface area contributed by atoms with Gasteiger partial charge >= 0.3 is 6.18 Å². The Morgan fingerprint density at radius 1 is 1.53 bits per heavy atom. The highest BCUT2D eigenvalue weighted by Gasteiger charge is 2.29. The minimum absolute atomic E-state index is 0.112. The van der Waals surface area contributed by atoms with E-state index in [0.29, 0.717) is 6.42 Å². The molecule has 0 aliphatic carbocycles. The van der Waals surface area contributed by atoms with Gasteiger partial charge in [-0.15, -0.1) is 0 Å². The number of rotatable bonds is 5. The van der Waals surface area contributed by atoms with Gasteiger partial charge in [0.25, 0.3) is 5.91 Å². The highest BCUT2D eigenvalue weighted by atomic mass is 19.4. The van der Waals surface area contributed by atoms with Gasteiger partial charge in [0.15, 0.2) is 6.61 Å². The topological polar surface area (TPSA) is 64.4 Å². The van der Waals surface area contributed by atoms with E-state index >= 15 is 0 Å². The Morgan fingerprint density at radius 2 is 2.07 bits per heavy atom. The zero-order valence-corrected chi connectivity index (χ0v) is 8.60. The van der Waals surface area contributed by atoms with Crippen LogP contribution in [-0.4, -0.2) is 24.7 Å². The highest BCUT2D eigenvalue weighted by Crippen LogP contribution is 2.13. The van der Waals surface area contributed by atoms with Gasteiger partial charge in [-0.1, -0.05) is 20.3 Å². The van der Waals surface area contributed by atoms with Crippen LogP contribution in [-0.2, 0) is 9.63 Å². The van der Waals surface area contributed by atoms with Gasteiger partial charge in [-0.25, -0.2) is 5.48 Å². The zero-order chi connectivity index (χ0) is 12.1. The summed E-state index contributed by atoms with van der Waals surface area (Å²) in [6.45, 7) is 2.04. The van der Waals surface area contributed by atoms with Crippen molar-refractivity contribution in [2.75, 3.05) is 6.61 Å². The van der Waals surface area contributed by atoms with Crippen LogP contribution in [0.5, 0.6) is 0 Å². The van der Waals surface area contributed by atoms with Crippen molar-refractivity contribution < 1.29 is 22.8 Å². The fourth-order valence-corrected chi connectivity index (χ4v) is 0.769. The predicted octanol–water partition coefficient (Wildman–Crippen LogP) is 0.970. The predicted molar refractivity (Wildman–Crippen MR) is 47.6 cm³/mol. The Hall–Kier alpha value is -0.820. The molecule has 0 radical (unpaired) electrons. The Morgan fingerprint density at radius 3 is 2.47 bits per heavy atom. The number of amides is 1. The van der Waals surface area contributed by atoms with Gasteiger partial charge in [-0.2, -0.15) is 13.2 Å². The van der Waals surface area contributed by atoms with Crippen LogP contribution in [0, 0.1) is 5.92 Å². The van der Waals surface area contributed by atoms with E-state index in [1.807, 2.05) is 6.92 Å². The summed E-state index contributed by atoms with van der Waals surface area (Å²) in [5.74, 6) is -0.854. The fraction of sp³-hybridized carbons (Fsp3) is 0.875. The van der Waals surface area contributed by atoms with Crippen LogP contribution < -0.4 is 11.2 Å². The summed E-state index contributed by atoms with van der Waals surface area (Å²) >= 11 is 0. The number of carbonyl (C=O) groups excluding carboxylic acids is 1. The third kappa shape index (κ3) is 6.29. The maximum absolute atomic E-state index is 11.6. The Kier molecular flexibility index (Phi) is 5.59. The zero-order valence-electron chi connectivity index (χ0n) is 8.60. The molecular weight excluding hydrogens is 213 g/mol. The van der Waals surface area contributed by atoms with Crippen LogP contribution in [0.25, 0.3) is 0 Å². The average Bonchev–Trinajstić information content (AvgIpc) is 2.13. The first-order chi connectivity index (χ1) is 6.78. The van der Waals surface area contributed by atoms with Crippen molar-refractivity contribution in [3.63, 3.8) is 0 Å². The molecule has 1 amide bonds. The molecule has 0 rings (SSSR count). The molecule has 0 aliphatic rings. The SMILES string of the molecule is CCC(C)C(N)C(=O)NOCC(F)(F)F. The third-order valence-electron chi connectivity index (χ3n) is 1.97. The molecule has 0 saturated carbocycles. The number of hydrogen-bond donors (Lipinski definition) is 2. The fourth-order valence-electron chi connectivity index (χ4n) is 0.769. The lowest BCUT2D eigenvalue weighted by Crippen LogP contribution is -2.45. The van der Waals surface area contributed by atoms with Crippen molar-refractivity contribution in [1.29, 1.82) is 0 Å². The monoisotopic (exact) mass is 228 g/mol. The number of carbonyl (C=O) groups is 1. The molecule has 0 aromatic carbocycles. The van der Waals surface area contributed by atoms with Crippen molar-refractivity contribution >= 4 is 5.91 Å². The minimum Gasteiger partial charge on any atom is -0.320 e. The van der Waals surface area contributed by atoms with E-state index in [0.717, 1.165) is 0 Å². The molecule has 3 N–H and O–H groups in total. The van der Waals surface area contributed by atoms with Gasteiger partial charge in [0.05, 0.1) is 6.04 Å². The number of hydroxylamine groups is 1. The molecule has 0 aromatic rings. The first kappa shape index (κ1) is 14.2. The molecule has 4 nitrogen and oxygen atoms in total. The molecule has 0 bridgehead atoms.